The summed E-state index contributed by atoms with van der Waals surface area (Å²) in [5, 5.41) is 0. The van der Waals surface area contributed by atoms with Crippen LogP contribution in [0.25, 0.3) is 0 Å². The van der Waals surface area contributed by atoms with Crippen molar-refractivity contribution in [3.8, 4) is 0 Å². The summed E-state index contributed by atoms with van der Waals surface area (Å²) in [4.78, 5) is 13.8. The molecule has 0 bridgehead atoms. The molecule has 1 aromatic rings. The highest BCUT2D eigenvalue weighted by Gasteiger charge is 2.33. The third-order valence-corrected chi connectivity index (χ3v) is 3.20. The molecule has 98 valence electrons. The van der Waals surface area contributed by atoms with Crippen LogP contribution in [0.15, 0.2) is 24.3 Å². The molecule has 0 fully saturated rings. The van der Waals surface area contributed by atoms with Crippen molar-refractivity contribution in [2.75, 3.05) is 24.7 Å². The number of anilines is 1. The van der Waals surface area contributed by atoms with E-state index in [2.05, 4.69) is 6.92 Å². The van der Waals surface area contributed by atoms with Crippen LogP contribution in [0.3, 0.4) is 0 Å². The third kappa shape index (κ3) is 2.54. The number of para-hydroxylation sites is 1. The maximum absolute atomic E-state index is 12.0. The zero-order chi connectivity index (χ0) is 13.0. The molecule has 18 heavy (non-hydrogen) atoms. The maximum Gasteiger partial charge on any atom is 0.248 e. The lowest BCUT2D eigenvalue weighted by Gasteiger charge is -2.17. The minimum Gasteiger partial charge on any atom is -0.380 e. The van der Waals surface area contributed by atoms with Crippen molar-refractivity contribution < 1.29 is 9.53 Å². The van der Waals surface area contributed by atoms with Crippen molar-refractivity contribution in [1.29, 1.82) is 0 Å². The van der Waals surface area contributed by atoms with E-state index in [4.69, 9.17) is 10.5 Å². The number of amides is 1. The molecule has 1 amide bonds. The fourth-order valence-corrected chi connectivity index (χ4v) is 2.15. The average molecular weight is 248 g/mol. The molecule has 0 spiro atoms. The van der Waals surface area contributed by atoms with Crippen LogP contribution in [0.1, 0.15) is 31.4 Å². The largest absolute Gasteiger partial charge is 0.380 e. The molecule has 0 aliphatic carbocycles. The highest BCUT2D eigenvalue weighted by Crippen LogP contribution is 2.33. The van der Waals surface area contributed by atoms with Crippen molar-refractivity contribution in [1.82, 2.24) is 0 Å². The molecule has 0 radical (unpaired) electrons. The molecular formula is C14H20N2O2. The fourth-order valence-electron chi connectivity index (χ4n) is 2.15. The van der Waals surface area contributed by atoms with E-state index >= 15 is 0 Å². The van der Waals surface area contributed by atoms with Gasteiger partial charge in [0, 0.05) is 24.4 Å². The number of carbonyl (C=O) groups excluding carboxylic acids is 1. The van der Waals surface area contributed by atoms with E-state index < -0.39 is 6.04 Å². The number of unbranched alkanes of at least 4 members (excludes halogenated alkanes) is 1. The van der Waals surface area contributed by atoms with Gasteiger partial charge < -0.3 is 15.4 Å². The van der Waals surface area contributed by atoms with Gasteiger partial charge in [-0.2, -0.15) is 0 Å². The van der Waals surface area contributed by atoms with E-state index in [1.54, 1.807) is 4.90 Å². The lowest BCUT2D eigenvalue weighted by atomic mass is 10.1. The molecule has 4 heteroatoms. The molecule has 1 aromatic carbocycles. The van der Waals surface area contributed by atoms with Crippen LogP contribution in [0.4, 0.5) is 5.69 Å². The van der Waals surface area contributed by atoms with E-state index in [-0.39, 0.29) is 5.91 Å². The monoisotopic (exact) mass is 248 g/mol. The normalized spacial score (nSPS) is 18.2. The molecule has 1 heterocycles. The average Bonchev–Trinajstić information content (AvgIpc) is 2.64. The Bertz CT molecular complexity index is 420. The van der Waals surface area contributed by atoms with E-state index in [0.29, 0.717) is 13.2 Å². The highest BCUT2D eigenvalue weighted by atomic mass is 16.5. The number of nitrogens with zero attached hydrogens (tertiary/aromatic N) is 1. The number of ether oxygens (including phenoxy) is 1. The molecule has 0 saturated heterocycles. The zero-order valence-corrected chi connectivity index (χ0v) is 10.8. The summed E-state index contributed by atoms with van der Waals surface area (Å²) in [6.45, 7) is 4.02. The molecule has 1 atom stereocenters. The number of fused-ring (bicyclic) bond motifs is 1. The van der Waals surface area contributed by atoms with Crippen LogP contribution < -0.4 is 10.6 Å². The zero-order valence-electron chi connectivity index (χ0n) is 10.8. The van der Waals surface area contributed by atoms with Gasteiger partial charge in [0.1, 0.15) is 6.04 Å². The van der Waals surface area contributed by atoms with Gasteiger partial charge in [-0.25, -0.2) is 0 Å². The third-order valence-electron chi connectivity index (χ3n) is 3.20. The first-order valence-electron chi connectivity index (χ1n) is 6.49. The first-order chi connectivity index (χ1) is 8.75. The van der Waals surface area contributed by atoms with Crippen LogP contribution in [0.2, 0.25) is 0 Å². The summed E-state index contributed by atoms with van der Waals surface area (Å²) in [7, 11) is 0. The number of carbonyl (C=O) groups is 1. The summed E-state index contributed by atoms with van der Waals surface area (Å²) in [5.74, 6) is -0.0321. The van der Waals surface area contributed by atoms with Crippen LogP contribution >= 0.6 is 0 Å². The van der Waals surface area contributed by atoms with E-state index in [1.165, 1.54) is 0 Å². The Balaban J connectivity index is 1.95. The molecule has 0 aromatic heterocycles. The summed E-state index contributed by atoms with van der Waals surface area (Å²) in [5.41, 5.74) is 7.74. The number of hydrogen-bond acceptors (Lipinski definition) is 3. The minimum atomic E-state index is -0.517. The molecule has 2 N–H and O–H groups in total. The molecule has 0 saturated carbocycles. The summed E-state index contributed by atoms with van der Waals surface area (Å²) in [6.07, 6.45) is 2.18. The second-order valence-corrected chi connectivity index (χ2v) is 4.49. The Morgan fingerprint density at radius 3 is 2.89 bits per heavy atom. The standard InChI is InChI=1S/C14H20N2O2/c1-2-3-9-18-10-8-16-12-7-5-4-6-11(12)13(15)14(16)17/h4-7,13H,2-3,8-10,15H2,1H3. The SMILES string of the molecule is CCCCOCCN1C(=O)C(N)c2ccccc21. The smallest absolute Gasteiger partial charge is 0.248 e. The predicted molar refractivity (Wildman–Crippen MR) is 71.5 cm³/mol. The molecule has 1 aliphatic heterocycles. The minimum absolute atomic E-state index is 0.0321. The first-order valence-corrected chi connectivity index (χ1v) is 6.49. The Hall–Kier alpha value is -1.39. The Morgan fingerprint density at radius 2 is 2.11 bits per heavy atom. The van der Waals surface area contributed by atoms with Crippen LogP contribution in [-0.4, -0.2) is 25.7 Å². The van der Waals surface area contributed by atoms with Gasteiger partial charge in [0.2, 0.25) is 5.91 Å². The number of rotatable bonds is 6. The maximum atomic E-state index is 12.0. The lowest BCUT2D eigenvalue weighted by Crippen LogP contribution is -2.34. The van der Waals surface area contributed by atoms with Gasteiger partial charge in [0.15, 0.2) is 0 Å². The lowest BCUT2D eigenvalue weighted by molar-refractivity contribution is -0.119. The van der Waals surface area contributed by atoms with Crippen LogP contribution in [0, 0.1) is 0 Å². The molecule has 1 aliphatic rings. The van der Waals surface area contributed by atoms with E-state index in [1.807, 2.05) is 24.3 Å². The van der Waals surface area contributed by atoms with Crippen molar-refractivity contribution >= 4 is 11.6 Å². The quantitative estimate of drug-likeness (QED) is 0.782. The van der Waals surface area contributed by atoms with Gasteiger partial charge in [-0.3, -0.25) is 4.79 Å². The van der Waals surface area contributed by atoms with E-state index in [0.717, 1.165) is 30.7 Å². The van der Waals surface area contributed by atoms with Crippen LogP contribution in [-0.2, 0) is 9.53 Å². The van der Waals surface area contributed by atoms with Crippen molar-refractivity contribution in [2.24, 2.45) is 5.73 Å². The fraction of sp³-hybridized carbons (Fsp3) is 0.500. The van der Waals surface area contributed by atoms with Crippen molar-refractivity contribution in [3.05, 3.63) is 29.8 Å². The second-order valence-electron chi connectivity index (χ2n) is 4.49. The van der Waals surface area contributed by atoms with Gasteiger partial charge in [0.05, 0.1) is 6.61 Å². The Kier molecular flexibility index (Phi) is 4.33. The molecule has 2 rings (SSSR count). The first kappa shape index (κ1) is 13.1. The predicted octanol–water partition coefficient (Wildman–Crippen LogP) is 1.85. The molecule has 1 unspecified atom stereocenters. The van der Waals surface area contributed by atoms with Crippen molar-refractivity contribution in [3.63, 3.8) is 0 Å². The number of nitrogens with two attached hydrogens (primary N) is 1. The second kappa shape index (κ2) is 5.98. The van der Waals surface area contributed by atoms with Gasteiger partial charge in [-0.15, -0.1) is 0 Å². The van der Waals surface area contributed by atoms with Crippen LogP contribution in [0.5, 0.6) is 0 Å². The Labute approximate surface area is 108 Å². The van der Waals surface area contributed by atoms with Crippen molar-refractivity contribution in [2.45, 2.75) is 25.8 Å². The highest BCUT2D eigenvalue weighted by molar-refractivity contribution is 6.04. The van der Waals surface area contributed by atoms with Gasteiger partial charge in [-0.05, 0) is 12.5 Å². The number of hydrogen-bond donors (Lipinski definition) is 1. The van der Waals surface area contributed by atoms with Gasteiger partial charge in [0.25, 0.3) is 0 Å². The number of benzene rings is 1. The van der Waals surface area contributed by atoms with Gasteiger partial charge in [-0.1, -0.05) is 31.5 Å². The topological polar surface area (TPSA) is 55.6 Å². The molecule has 4 nitrogen and oxygen atoms in total. The molecular weight excluding hydrogens is 228 g/mol. The summed E-state index contributed by atoms with van der Waals surface area (Å²) < 4.78 is 5.50. The summed E-state index contributed by atoms with van der Waals surface area (Å²) >= 11 is 0. The van der Waals surface area contributed by atoms with E-state index in [9.17, 15) is 4.79 Å². The Morgan fingerprint density at radius 1 is 1.33 bits per heavy atom. The summed E-state index contributed by atoms with van der Waals surface area (Å²) in [6, 6.07) is 7.17. The van der Waals surface area contributed by atoms with Gasteiger partial charge >= 0.3 is 0 Å².